The molecule has 0 bridgehead atoms. The quantitative estimate of drug-likeness (QED) is 0.359. The molecule has 0 saturated carbocycles. The number of rotatable bonds is 10. The molecule has 0 aromatic carbocycles. The maximum absolute atomic E-state index is 11.8. The molecule has 7 heteroatoms. The van der Waals surface area contributed by atoms with E-state index in [2.05, 4.69) is 0 Å². The molecule has 1 atom stereocenters. The molecule has 0 rings (SSSR count). The number of aliphatic hydroxyl groups excluding tert-OH is 1. The number of Topliss-reactive ketones (excluding diaryl/α,β-unsaturated/α-hetero) is 1. The third-order valence-corrected chi connectivity index (χ3v) is 2.74. The van der Waals surface area contributed by atoms with E-state index >= 15 is 0 Å². The van der Waals surface area contributed by atoms with Crippen LogP contribution in [0, 0.1) is 0 Å². The van der Waals surface area contributed by atoms with Gasteiger partial charge in [0.25, 0.3) is 0 Å². The first-order valence-electron chi connectivity index (χ1n) is 5.64. The van der Waals surface area contributed by atoms with E-state index in [0.717, 1.165) is 0 Å². The van der Waals surface area contributed by atoms with Gasteiger partial charge >= 0.3 is 5.97 Å². The molecule has 0 aromatic heterocycles. The summed E-state index contributed by atoms with van der Waals surface area (Å²) in [6.07, 6.45) is -0.357. The van der Waals surface area contributed by atoms with E-state index in [9.17, 15) is 9.59 Å². The van der Waals surface area contributed by atoms with Crippen LogP contribution >= 0.6 is 0 Å². The van der Waals surface area contributed by atoms with Gasteiger partial charge in [0.15, 0.2) is 17.6 Å². The van der Waals surface area contributed by atoms with Crippen LogP contribution in [0.25, 0.3) is 0 Å². The molecule has 0 spiro atoms. The second-order valence-corrected chi connectivity index (χ2v) is 3.97. The molecule has 0 heterocycles. The first-order chi connectivity index (χ1) is 8.42. The standard InChI is InChI=1S/C11H21NO6/c1-17-9(18-2)5-6-11(12,10(15)16)8(14)4-3-7-13/h9,13H,3-7,12H2,1-2H3,(H,15,16). The molecule has 0 aliphatic carbocycles. The molecule has 1 unspecified atom stereocenters. The van der Waals surface area contributed by atoms with Crippen molar-refractivity contribution < 1.29 is 29.3 Å². The maximum Gasteiger partial charge on any atom is 0.331 e. The fourth-order valence-electron chi connectivity index (χ4n) is 1.51. The molecule has 106 valence electrons. The van der Waals surface area contributed by atoms with Gasteiger partial charge in [0.05, 0.1) is 0 Å². The van der Waals surface area contributed by atoms with Crippen molar-refractivity contribution in [1.82, 2.24) is 0 Å². The second-order valence-electron chi connectivity index (χ2n) is 3.97. The first kappa shape index (κ1) is 17.0. The number of nitrogens with two attached hydrogens (primary N) is 1. The van der Waals surface area contributed by atoms with E-state index in [4.69, 9.17) is 25.4 Å². The maximum atomic E-state index is 11.8. The van der Waals surface area contributed by atoms with Crippen LogP contribution in [0.1, 0.15) is 25.7 Å². The van der Waals surface area contributed by atoms with Crippen LogP contribution in [-0.2, 0) is 19.1 Å². The monoisotopic (exact) mass is 263 g/mol. The van der Waals surface area contributed by atoms with Gasteiger partial charge in [0, 0.05) is 33.7 Å². The minimum Gasteiger partial charge on any atom is -0.480 e. The van der Waals surface area contributed by atoms with Crippen LogP contribution in [0.15, 0.2) is 0 Å². The fourth-order valence-corrected chi connectivity index (χ4v) is 1.51. The number of hydrogen-bond acceptors (Lipinski definition) is 6. The highest BCUT2D eigenvalue weighted by Crippen LogP contribution is 2.17. The number of aliphatic hydroxyl groups is 1. The summed E-state index contributed by atoms with van der Waals surface area (Å²) in [5, 5.41) is 17.7. The number of ether oxygens (including phenoxy) is 2. The smallest absolute Gasteiger partial charge is 0.331 e. The Morgan fingerprint density at radius 1 is 1.33 bits per heavy atom. The zero-order valence-corrected chi connectivity index (χ0v) is 10.7. The number of ketones is 1. The van der Waals surface area contributed by atoms with Crippen molar-refractivity contribution in [2.24, 2.45) is 5.73 Å². The first-order valence-corrected chi connectivity index (χ1v) is 5.64. The van der Waals surface area contributed by atoms with Crippen LogP contribution in [0.5, 0.6) is 0 Å². The molecule has 0 amide bonds. The van der Waals surface area contributed by atoms with Gasteiger partial charge in [0.1, 0.15) is 0 Å². The molecule has 4 N–H and O–H groups in total. The van der Waals surface area contributed by atoms with Gasteiger partial charge in [-0.2, -0.15) is 0 Å². The summed E-state index contributed by atoms with van der Waals surface area (Å²) in [6.45, 7) is -0.180. The number of carbonyl (C=O) groups excluding carboxylic acids is 1. The van der Waals surface area contributed by atoms with Crippen molar-refractivity contribution in [3.8, 4) is 0 Å². The largest absolute Gasteiger partial charge is 0.480 e. The van der Waals surface area contributed by atoms with Crippen LogP contribution in [0.4, 0.5) is 0 Å². The normalized spacial score (nSPS) is 14.5. The van der Waals surface area contributed by atoms with Gasteiger partial charge in [-0.25, -0.2) is 4.79 Å². The van der Waals surface area contributed by atoms with Crippen LogP contribution in [0.2, 0.25) is 0 Å². The zero-order valence-electron chi connectivity index (χ0n) is 10.7. The lowest BCUT2D eigenvalue weighted by Gasteiger charge is -2.25. The van der Waals surface area contributed by atoms with Crippen LogP contribution in [0.3, 0.4) is 0 Å². The lowest BCUT2D eigenvalue weighted by atomic mass is 9.87. The lowest BCUT2D eigenvalue weighted by Crippen LogP contribution is -2.55. The molecule has 7 nitrogen and oxygen atoms in total. The highest BCUT2D eigenvalue weighted by molar-refractivity contribution is 6.07. The molecule has 0 aromatic rings. The van der Waals surface area contributed by atoms with Crippen LogP contribution < -0.4 is 5.73 Å². The second kappa shape index (κ2) is 8.15. The summed E-state index contributed by atoms with van der Waals surface area (Å²) in [5.41, 5.74) is 3.69. The van der Waals surface area contributed by atoms with E-state index in [1.165, 1.54) is 14.2 Å². The Morgan fingerprint density at radius 2 is 1.89 bits per heavy atom. The predicted molar refractivity (Wildman–Crippen MR) is 62.9 cm³/mol. The third kappa shape index (κ3) is 4.69. The molecule has 0 aliphatic rings. The summed E-state index contributed by atoms with van der Waals surface area (Å²) in [6, 6.07) is 0. The lowest BCUT2D eigenvalue weighted by molar-refractivity contribution is -0.151. The Kier molecular flexibility index (Phi) is 7.69. The Hall–Kier alpha value is -1.02. The number of methoxy groups -OCH3 is 2. The Morgan fingerprint density at radius 3 is 2.28 bits per heavy atom. The van der Waals surface area contributed by atoms with Crippen molar-refractivity contribution in [2.45, 2.75) is 37.5 Å². The number of hydrogen-bond donors (Lipinski definition) is 3. The topological polar surface area (TPSA) is 119 Å². The Balaban J connectivity index is 4.61. The molecule has 18 heavy (non-hydrogen) atoms. The van der Waals surface area contributed by atoms with Crippen LogP contribution in [-0.4, -0.2) is 54.6 Å². The molecular formula is C11H21NO6. The number of aliphatic carboxylic acids is 1. The number of carboxylic acids is 1. The van der Waals surface area contributed by atoms with Crippen molar-refractivity contribution in [2.75, 3.05) is 20.8 Å². The van der Waals surface area contributed by atoms with Gasteiger partial charge in [-0.05, 0) is 12.8 Å². The zero-order chi connectivity index (χ0) is 14.2. The van der Waals surface area contributed by atoms with Crippen molar-refractivity contribution in [3.05, 3.63) is 0 Å². The third-order valence-electron chi connectivity index (χ3n) is 2.74. The summed E-state index contributed by atoms with van der Waals surface area (Å²) in [7, 11) is 2.83. The molecule has 0 radical (unpaired) electrons. The van der Waals surface area contributed by atoms with Gasteiger partial charge in [-0.15, -0.1) is 0 Å². The molecule has 0 aliphatic heterocycles. The molecular weight excluding hydrogens is 242 g/mol. The minimum atomic E-state index is -1.95. The van der Waals surface area contributed by atoms with Gasteiger partial charge in [-0.1, -0.05) is 0 Å². The van der Waals surface area contributed by atoms with Gasteiger partial charge in [0.2, 0.25) is 0 Å². The van der Waals surface area contributed by atoms with E-state index < -0.39 is 23.6 Å². The summed E-state index contributed by atoms with van der Waals surface area (Å²) < 4.78 is 9.83. The highest BCUT2D eigenvalue weighted by atomic mass is 16.7. The van der Waals surface area contributed by atoms with Gasteiger partial charge in [-0.3, -0.25) is 4.79 Å². The van der Waals surface area contributed by atoms with E-state index in [1.54, 1.807) is 0 Å². The molecule has 0 saturated heterocycles. The Bertz CT molecular complexity index is 279. The average Bonchev–Trinajstić information content (AvgIpc) is 2.36. The number of carbonyl (C=O) groups is 2. The summed E-state index contributed by atoms with van der Waals surface area (Å²) in [4.78, 5) is 22.9. The van der Waals surface area contributed by atoms with E-state index in [1.807, 2.05) is 0 Å². The predicted octanol–water partition coefficient (Wildman–Crippen LogP) is -0.491. The summed E-state index contributed by atoms with van der Waals surface area (Å²) >= 11 is 0. The van der Waals surface area contributed by atoms with Crippen molar-refractivity contribution >= 4 is 11.8 Å². The molecule has 0 fully saturated rings. The highest BCUT2D eigenvalue weighted by Gasteiger charge is 2.41. The van der Waals surface area contributed by atoms with E-state index in [-0.39, 0.29) is 32.3 Å². The van der Waals surface area contributed by atoms with Gasteiger partial charge < -0.3 is 25.4 Å². The minimum absolute atomic E-state index is 0.0655. The average molecular weight is 263 g/mol. The van der Waals surface area contributed by atoms with E-state index in [0.29, 0.717) is 0 Å². The van der Waals surface area contributed by atoms with Crippen molar-refractivity contribution in [1.29, 1.82) is 0 Å². The fraction of sp³-hybridized carbons (Fsp3) is 0.818. The van der Waals surface area contributed by atoms with Crippen molar-refractivity contribution in [3.63, 3.8) is 0 Å². The Labute approximate surface area is 106 Å². The SMILES string of the molecule is COC(CCC(N)(C(=O)O)C(=O)CCCO)OC. The number of carboxylic acid groups (broad SMARTS) is 1. The summed E-state index contributed by atoms with van der Waals surface area (Å²) in [5.74, 6) is -1.98.